The van der Waals surface area contributed by atoms with Crippen LogP contribution in [0.4, 0.5) is 0 Å². The van der Waals surface area contributed by atoms with Gasteiger partial charge in [0.2, 0.25) is 0 Å². The van der Waals surface area contributed by atoms with Crippen LogP contribution in [0.25, 0.3) is 10.8 Å². The maximum atomic E-state index is 4.28. The summed E-state index contributed by atoms with van der Waals surface area (Å²) >= 11 is 1.68. The molecule has 1 nitrogen and oxygen atoms in total. The highest BCUT2D eigenvalue weighted by atomic mass is 32.2. The summed E-state index contributed by atoms with van der Waals surface area (Å²) in [6.07, 6.45) is 2.06. The van der Waals surface area contributed by atoms with Crippen LogP contribution in [0.1, 0.15) is 11.1 Å². The number of rotatable bonds is 1. The van der Waals surface area contributed by atoms with Gasteiger partial charge in [-0.2, -0.15) is 0 Å². The van der Waals surface area contributed by atoms with Crippen LogP contribution in [0.5, 0.6) is 0 Å². The summed E-state index contributed by atoms with van der Waals surface area (Å²) in [5, 5.41) is 3.65. The summed E-state index contributed by atoms with van der Waals surface area (Å²) in [5.41, 5.74) is 2.50. The van der Waals surface area contributed by atoms with Crippen LogP contribution in [-0.4, -0.2) is 18.3 Å². The lowest BCUT2D eigenvalue weighted by Crippen LogP contribution is -1.94. The predicted octanol–water partition coefficient (Wildman–Crippen LogP) is 3.89. The van der Waals surface area contributed by atoms with Crippen LogP contribution < -0.4 is 0 Å². The van der Waals surface area contributed by atoms with Crippen LogP contribution in [0, 0.1) is 6.92 Å². The van der Waals surface area contributed by atoms with Gasteiger partial charge in [0, 0.05) is 12.6 Å². The lowest BCUT2D eigenvalue weighted by Gasteiger charge is -2.05. The third-order valence-electron chi connectivity index (χ3n) is 2.64. The van der Waals surface area contributed by atoms with E-state index < -0.39 is 0 Å². The number of benzene rings is 2. The van der Waals surface area contributed by atoms with Crippen molar-refractivity contribution in [1.29, 1.82) is 0 Å². The molecular formula is C14H15NS. The molecule has 0 fully saturated rings. The number of aryl methyl sites for hydroxylation is 1. The summed E-state index contributed by atoms with van der Waals surface area (Å²) in [7, 11) is 1.84. The van der Waals surface area contributed by atoms with Gasteiger partial charge in [-0.05, 0) is 30.0 Å². The Morgan fingerprint density at radius 3 is 2.44 bits per heavy atom. The Morgan fingerprint density at radius 2 is 1.75 bits per heavy atom. The number of thioether (sulfide) groups is 1. The van der Waals surface area contributed by atoms with E-state index in [1.165, 1.54) is 21.9 Å². The van der Waals surface area contributed by atoms with E-state index in [1.807, 2.05) is 7.05 Å². The molecule has 16 heavy (non-hydrogen) atoms. The van der Waals surface area contributed by atoms with Gasteiger partial charge in [-0.25, -0.2) is 0 Å². The second kappa shape index (κ2) is 4.71. The van der Waals surface area contributed by atoms with E-state index in [9.17, 15) is 0 Å². The molecule has 0 bridgehead atoms. The first kappa shape index (κ1) is 11.2. The van der Waals surface area contributed by atoms with Gasteiger partial charge in [0.25, 0.3) is 0 Å². The summed E-state index contributed by atoms with van der Waals surface area (Å²) in [6, 6.07) is 13.0. The molecule has 0 spiro atoms. The molecule has 0 aromatic heterocycles. The largest absolute Gasteiger partial charge is 0.281 e. The van der Waals surface area contributed by atoms with Crippen molar-refractivity contribution in [1.82, 2.24) is 0 Å². The monoisotopic (exact) mass is 229 g/mol. The zero-order valence-corrected chi connectivity index (χ0v) is 10.6. The quantitative estimate of drug-likeness (QED) is 0.534. The molecule has 0 unspecified atom stereocenters. The SMILES string of the molecule is CN=C(SC)c1ccc2cc(C)ccc2c1. The Balaban J connectivity index is 2.56. The van der Waals surface area contributed by atoms with E-state index in [1.54, 1.807) is 11.8 Å². The second-order valence-electron chi connectivity index (χ2n) is 3.80. The Labute approximate surface area is 101 Å². The highest BCUT2D eigenvalue weighted by molar-refractivity contribution is 8.13. The molecule has 2 rings (SSSR count). The third kappa shape index (κ3) is 2.12. The Morgan fingerprint density at radius 1 is 1.06 bits per heavy atom. The maximum absolute atomic E-state index is 4.28. The van der Waals surface area contributed by atoms with Gasteiger partial charge in [0.15, 0.2) is 0 Å². The van der Waals surface area contributed by atoms with Crippen molar-refractivity contribution >= 4 is 27.6 Å². The zero-order valence-electron chi connectivity index (χ0n) is 9.82. The van der Waals surface area contributed by atoms with Crippen LogP contribution >= 0.6 is 11.8 Å². The van der Waals surface area contributed by atoms with E-state index in [4.69, 9.17) is 0 Å². The Bertz CT molecular complexity index is 543. The van der Waals surface area contributed by atoms with Gasteiger partial charge >= 0.3 is 0 Å². The van der Waals surface area contributed by atoms with E-state index in [-0.39, 0.29) is 0 Å². The molecule has 0 N–H and O–H groups in total. The van der Waals surface area contributed by atoms with Gasteiger partial charge in [-0.3, -0.25) is 4.99 Å². The van der Waals surface area contributed by atoms with E-state index in [2.05, 4.69) is 54.6 Å². The molecule has 0 amide bonds. The smallest absolute Gasteiger partial charge is 0.0970 e. The molecule has 0 aliphatic rings. The van der Waals surface area contributed by atoms with Crippen molar-refractivity contribution in [3.63, 3.8) is 0 Å². The first-order chi connectivity index (χ1) is 7.74. The second-order valence-corrected chi connectivity index (χ2v) is 4.59. The standard InChI is InChI=1S/C14H15NS/c1-10-4-5-12-9-13(14(15-2)16-3)7-6-11(12)8-10/h4-9H,1-3H3. The first-order valence-electron chi connectivity index (χ1n) is 5.26. The van der Waals surface area contributed by atoms with Gasteiger partial charge in [0.1, 0.15) is 0 Å². The van der Waals surface area contributed by atoms with Crippen LogP contribution in [0.3, 0.4) is 0 Å². The minimum absolute atomic E-state index is 1.09. The van der Waals surface area contributed by atoms with E-state index >= 15 is 0 Å². The summed E-state index contributed by atoms with van der Waals surface area (Å²) < 4.78 is 0. The molecule has 2 aromatic rings. The molecule has 0 saturated heterocycles. The number of fused-ring (bicyclic) bond motifs is 1. The van der Waals surface area contributed by atoms with Gasteiger partial charge in [0.05, 0.1) is 5.04 Å². The van der Waals surface area contributed by atoms with Crippen LogP contribution in [0.15, 0.2) is 41.4 Å². The number of hydrogen-bond acceptors (Lipinski definition) is 2. The normalized spacial score (nSPS) is 12.1. The number of nitrogens with zero attached hydrogens (tertiary/aromatic N) is 1. The van der Waals surface area contributed by atoms with Crippen molar-refractivity contribution in [2.75, 3.05) is 13.3 Å². The lowest BCUT2D eigenvalue weighted by molar-refractivity contribution is 1.45. The summed E-state index contributed by atoms with van der Waals surface area (Å²) in [5.74, 6) is 0. The molecule has 2 aromatic carbocycles. The number of hydrogen-bond donors (Lipinski definition) is 0. The van der Waals surface area contributed by atoms with Crippen LogP contribution in [-0.2, 0) is 0 Å². The average Bonchev–Trinajstić information content (AvgIpc) is 2.31. The van der Waals surface area contributed by atoms with Crippen molar-refractivity contribution in [2.45, 2.75) is 6.92 Å². The summed E-state index contributed by atoms with van der Waals surface area (Å²) in [4.78, 5) is 4.28. The molecule has 0 heterocycles. The molecule has 0 radical (unpaired) electrons. The Hall–Kier alpha value is -1.28. The Kier molecular flexibility index (Phi) is 3.30. The van der Waals surface area contributed by atoms with E-state index in [0.717, 1.165) is 5.04 Å². The minimum Gasteiger partial charge on any atom is -0.281 e. The molecule has 2 heteroatoms. The van der Waals surface area contributed by atoms with Crippen LogP contribution in [0.2, 0.25) is 0 Å². The molecular weight excluding hydrogens is 214 g/mol. The molecule has 0 aliphatic carbocycles. The topological polar surface area (TPSA) is 12.4 Å². The minimum atomic E-state index is 1.09. The van der Waals surface area contributed by atoms with Crippen molar-refractivity contribution in [3.8, 4) is 0 Å². The molecule has 82 valence electrons. The summed E-state index contributed by atoms with van der Waals surface area (Å²) in [6.45, 7) is 2.12. The number of aliphatic imine (C=N–C) groups is 1. The molecule has 0 aliphatic heterocycles. The fourth-order valence-electron chi connectivity index (χ4n) is 1.84. The highest BCUT2D eigenvalue weighted by Gasteiger charge is 2.02. The van der Waals surface area contributed by atoms with Gasteiger partial charge in [-0.15, -0.1) is 11.8 Å². The van der Waals surface area contributed by atoms with Crippen molar-refractivity contribution < 1.29 is 0 Å². The van der Waals surface area contributed by atoms with E-state index in [0.29, 0.717) is 0 Å². The van der Waals surface area contributed by atoms with Gasteiger partial charge in [-0.1, -0.05) is 35.9 Å². The zero-order chi connectivity index (χ0) is 11.5. The fourth-order valence-corrected chi connectivity index (χ4v) is 2.38. The lowest BCUT2D eigenvalue weighted by atomic mass is 10.1. The highest BCUT2D eigenvalue weighted by Crippen LogP contribution is 2.20. The average molecular weight is 229 g/mol. The van der Waals surface area contributed by atoms with Crippen molar-refractivity contribution in [3.05, 3.63) is 47.5 Å². The first-order valence-corrected chi connectivity index (χ1v) is 6.48. The van der Waals surface area contributed by atoms with Gasteiger partial charge < -0.3 is 0 Å². The predicted molar refractivity (Wildman–Crippen MR) is 74.7 cm³/mol. The maximum Gasteiger partial charge on any atom is 0.0970 e. The molecule has 0 atom stereocenters. The van der Waals surface area contributed by atoms with Crippen molar-refractivity contribution in [2.24, 2.45) is 4.99 Å². The third-order valence-corrected chi connectivity index (χ3v) is 3.44. The fraction of sp³-hybridized carbons (Fsp3) is 0.214. The molecule has 0 saturated carbocycles.